The summed E-state index contributed by atoms with van der Waals surface area (Å²) >= 11 is 6.66. The summed E-state index contributed by atoms with van der Waals surface area (Å²) in [6, 6.07) is 15.0. The van der Waals surface area contributed by atoms with Crippen molar-refractivity contribution in [1.82, 2.24) is 0 Å². The molecule has 2 aromatic carbocycles. The van der Waals surface area contributed by atoms with Crippen molar-refractivity contribution in [2.75, 3.05) is 13.2 Å². The minimum atomic E-state index is -0.877. The quantitative estimate of drug-likeness (QED) is 0.546. The molecule has 33 heavy (non-hydrogen) atoms. The number of rotatable bonds is 8. The predicted molar refractivity (Wildman–Crippen MR) is 123 cm³/mol. The summed E-state index contributed by atoms with van der Waals surface area (Å²) in [7, 11) is 0. The van der Waals surface area contributed by atoms with Crippen molar-refractivity contribution >= 4 is 17.6 Å². The van der Waals surface area contributed by atoms with Crippen molar-refractivity contribution < 1.29 is 23.7 Å². The smallest absolute Gasteiger partial charge is 0.338 e. The van der Waals surface area contributed by atoms with Crippen LogP contribution >= 0.6 is 11.6 Å². The van der Waals surface area contributed by atoms with E-state index in [-0.39, 0.29) is 34.4 Å². The van der Waals surface area contributed by atoms with Gasteiger partial charge in [-0.3, -0.25) is 0 Å². The molecule has 172 valence electrons. The van der Waals surface area contributed by atoms with Crippen LogP contribution in [0.4, 0.5) is 0 Å². The van der Waals surface area contributed by atoms with Gasteiger partial charge < -0.3 is 24.7 Å². The zero-order valence-corrected chi connectivity index (χ0v) is 19.4. The molecule has 1 aliphatic heterocycles. The molecular formula is C25H25ClN2O5. The Bertz CT molecular complexity index is 1140. The van der Waals surface area contributed by atoms with Gasteiger partial charge in [0.2, 0.25) is 5.88 Å². The van der Waals surface area contributed by atoms with Gasteiger partial charge in [-0.15, -0.1) is 0 Å². The van der Waals surface area contributed by atoms with Gasteiger partial charge in [-0.2, -0.15) is 5.26 Å². The molecule has 1 heterocycles. The Morgan fingerprint density at radius 3 is 2.48 bits per heavy atom. The summed E-state index contributed by atoms with van der Waals surface area (Å²) < 4.78 is 22.4. The Morgan fingerprint density at radius 1 is 1.15 bits per heavy atom. The lowest BCUT2D eigenvalue weighted by molar-refractivity contribution is -0.139. The van der Waals surface area contributed by atoms with Crippen molar-refractivity contribution in [3.8, 4) is 17.6 Å². The van der Waals surface area contributed by atoms with Crippen LogP contribution in [-0.4, -0.2) is 19.2 Å². The van der Waals surface area contributed by atoms with Gasteiger partial charge in [0, 0.05) is 11.1 Å². The fourth-order valence-corrected chi connectivity index (χ4v) is 3.82. The number of hydrogen-bond donors (Lipinski definition) is 1. The Morgan fingerprint density at radius 2 is 1.85 bits per heavy atom. The van der Waals surface area contributed by atoms with E-state index in [4.69, 9.17) is 36.3 Å². The standard InChI is InChI=1S/C25H25ClN2O5/c1-4-30-20-11-17(19(26)12-21(20)32-14-16-9-7-6-8-10-16)23-18(13-27)24(28)33-15(3)22(23)25(29)31-5-2/h6-12,23H,4-5,14,28H2,1-3H3. The minimum Gasteiger partial charge on any atom is -0.490 e. The van der Waals surface area contributed by atoms with Crippen LogP contribution in [0.25, 0.3) is 0 Å². The Kier molecular flexibility index (Phi) is 7.86. The number of nitrogens with two attached hydrogens (primary N) is 1. The molecule has 3 rings (SSSR count). The molecule has 0 bridgehead atoms. The molecule has 7 nitrogen and oxygen atoms in total. The number of carbonyl (C=O) groups is 1. The second-order valence-electron chi connectivity index (χ2n) is 7.14. The van der Waals surface area contributed by atoms with Crippen molar-refractivity contribution in [3.63, 3.8) is 0 Å². The number of nitrogens with zero attached hydrogens (tertiary/aromatic N) is 1. The molecule has 0 aromatic heterocycles. The van der Waals surface area contributed by atoms with Gasteiger partial charge in [-0.05, 0) is 38.0 Å². The van der Waals surface area contributed by atoms with Gasteiger partial charge in [0.25, 0.3) is 0 Å². The highest BCUT2D eigenvalue weighted by Gasteiger charge is 2.38. The SMILES string of the molecule is CCOC(=O)C1=C(C)OC(N)=C(C#N)C1c1cc(OCC)c(OCc2ccccc2)cc1Cl. The number of nitriles is 1. The third kappa shape index (κ3) is 5.24. The maximum absolute atomic E-state index is 12.8. The first-order valence-electron chi connectivity index (χ1n) is 10.5. The monoisotopic (exact) mass is 468 g/mol. The van der Waals surface area contributed by atoms with E-state index in [2.05, 4.69) is 0 Å². The van der Waals surface area contributed by atoms with E-state index in [1.165, 1.54) is 0 Å². The van der Waals surface area contributed by atoms with Crippen LogP contribution in [0.3, 0.4) is 0 Å². The zero-order chi connectivity index (χ0) is 24.0. The molecule has 0 spiro atoms. The van der Waals surface area contributed by atoms with Crippen LogP contribution in [0.2, 0.25) is 5.02 Å². The molecule has 1 atom stereocenters. The molecule has 0 aliphatic carbocycles. The molecule has 0 fully saturated rings. The first kappa shape index (κ1) is 24.0. The molecule has 2 aromatic rings. The second kappa shape index (κ2) is 10.8. The van der Waals surface area contributed by atoms with Gasteiger partial charge in [-0.25, -0.2) is 4.79 Å². The molecule has 1 unspecified atom stereocenters. The lowest BCUT2D eigenvalue weighted by Crippen LogP contribution is -2.25. The number of carbonyl (C=O) groups excluding carboxylic acids is 1. The Hall–Kier alpha value is -3.63. The molecule has 0 saturated heterocycles. The summed E-state index contributed by atoms with van der Waals surface area (Å²) in [5.74, 6) is -0.470. The molecular weight excluding hydrogens is 444 g/mol. The highest BCUT2D eigenvalue weighted by molar-refractivity contribution is 6.31. The number of allylic oxidation sites excluding steroid dienone is 2. The first-order valence-corrected chi connectivity index (χ1v) is 10.9. The van der Waals surface area contributed by atoms with E-state index in [0.717, 1.165) is 5.56 Å². The topological polar surface area (TPSA) is 104 Å². The van der Waals surface area contributed by atoms with Crippen molar-refractivity contribution in [1.29, 1.82) is 5.26 Å². The largest absolute Gasteiger partial charge is 0.490 e. The summed E-state index contributed by atoms with van der Waals surface area (Å²) in [5, 5.41) is 10.1. The Labute approximate surface area is 197 Å². The van der Waals surface area contributed by atoms with Gasteiger partial charge in [0.1, 0.15) is 24.0 Å². The average molecular weight is 469 g/mol. The molecule has 0 saturated carbocycles. The molecule has 8 heteroatoms. The summed E-state index contributed by atoms with van der Waals surface area (Å²) in [4.78, 5) is 12.8. The van der Waals surface area contributed by atoms with Crippen LogP contribution < -0.4 is 15.2 Å². The number of benzene rings is 2. The Balaban J connectivity index is 2.08. The number of ether oxygens (including phenoxy) is 4. The van der Waals surface area contributed by atoms with Gasteiger partial charge in [0.15, 0.2) is 11.5 Å². The van der Waals surface area contributed by atoms with Crippen molar-refractivity contribution in [3.05, 3.63) is 81.4 Å². The maximum Gasteiger partial charge on any atom is 0.338 e. The van der Waals surface area contributed by atoms with Crippen LogP contribution in [0.15, 0.2) is 65.3 Å². The first-order chi connectivity index (χ1) is 15.9. The highest BCUT2D eigenvalue weighted by atomic mass is 35.5. The third-order valence-electron chi connectivity index (χ3n) is 5.01. The minimum absolute atomic E-state index is 0.0611. The molecule has 1 aliphatic rings. The van der Waals surface area contributed by atoms with E-state index in [1.54, 1.807) is 26.0 Å². The zero-order valence-electron chi connectivity index (χ0n) is 18.7. The van der Waals surface area contributed by atoms with Crippen LogP contribution in [0.1, 0.15) is 37.8 Å². The highest BCUT2D eigenvalue weighted by Crippen LogP contribution is 2.45. The lowest BCUT2D eigenvalue weighted by Gasteiger charge is -2.28. The van der Waals surface area contributed by atoms with Gasteiger partial charge in [-0.1, -0.05) is 41.9 Å². The predicted octanol–water partition coefficient (Wildman–Crippen LogP) is 4.96. The van der Waals surface area contributed by atoms with Gasteiger partial charge >= 0.3 is 5.97 Å². The van der Waals surface area contributed by atoms with E-state index in [9.17, 15) is 10.1 Å². The van der Waals surface area contributed by atoms with Crippen LogP contribution in [0.5, 0.6) is 11.5 Å². The lowest BCUT2D eigenvalue weighted by atomic mass is 9.83. The van der Waals surface area contributed by atoms with E-state index in [1.807, 2.05) is 43.3 Å². The fourth-order valence-electron chi connectivity index (χ4n) is 3.55. The van der Waals surface area contributed by atoms with Crippen molar-refractivity contribution in [2.24, 2.45) is 5.73 Å². The average Bonchev–Trinajstić information content (AvgIpc) is 2.79. The summed E-state index contributed by atoms with van der Waals surface area (Å²) in [6.45, 7) is 5.98. The maximum atomic E-state index is 12.8. The van der Waals surface area contributed by atoms with Crippen LogP contribution in [0, 0.1) is 11.3 Å². The van der Waals surface area contributed by atoms with E-state index in [0.29, 0.717) is 30.3 Å². The summed E-state index contributed by atoms with van der Waals surface area (Å²) in [6.07, 6.45) is 0. The second-order valence-corrected chi connectivity index (χ2v) is 7.55. The fraction of sp³-hybridized carbons (Fsp3) is 0.280. The molecule has 0 radical (unpaired) electrons. The number of hydrogen-bond acceptors (Lipinski definition) is 7. The van der Waals surface area contributed by atoms with E-state index >= 15 is 0 Å². The molecule has 0 amide bonds. The number of esters is 1. The third-order valence-corrected chi connectivity index (χ3v) is 5.34. The summed E-state index contributed by atoms with van der Waals surface area (Å²) in [5.41, 5.74) is 7.64. The van der Waals surface area contributed by atoms with Crippen LogP contribution in [-0.2, 0) is 20.9 Å². The van der Waals surface area contributed by atoms with E-state index < -0.39 is 11.9 Å². The normalized spacial score (nSPS) is 15.5. The molecule has 2 N–H and O–H groups in total. The van der Waals surface area contributed by atoms with Gasteiger partial charge in [0.05, 0.1) is 24.7 Å². The van der Waals surface area contributed by atoms with Crippen molar-refractivity contribution in [2.45, 2.75) is 33.3 Å². The number of halogens is 1.